The Labute approximate surface area is 98.8 Å². The van der Waals surface area contributed by atoms with Crippen LogP contribution in [-0.4, -0.2) is 22.8 Å². The van der Waals surface area contributed by atoms with Gasteiger partial charge in [-0.1, -0.05) is 0 Å². The first-order chi connectivity index (χ1) is 8.20. The monoisotopic (exact) mass is 231 g/mol. The van der Waals surface area contributed by atoms with E-state index in [1.54, 1.807) is 24.1 Å². The molecule has 0 spiro atoms. The van der Waals surface area contributed by atoms with Gasteiger partial charge in [0.1, 0.15) is 5.75 Å². The second-order valence-electron chi connectivity index (χ2n) is 3.58. The Morgan fingerprint density at radius 3 is 2.65 bits per heavy atom. The van der Waals surface area contributed by atoms with E-state index in [0.717, 1.165) is 17.1 Å². The number of benzene rings is 1. The number of carbonyl (C=O) groups excluding carboxylic acids is 1. The molecule has 0 atom stereocenters. The number of rotatable bonds is 4. The quantitative estimate of drug-likeness (QED) is 0.850. The Morgan fingerprint density at radius 1 is 1.35 bits per heavy atom. The molecule has 1 aromatic heterocycles. The fourth-order valence-corrected chi connectivity index (χ4v) is 1.60. The molecule has 0 radical (unpaired) electrons. The third-order valence-electron chi connectivity index (χ3n) is 2.39. The van der Waals surface area contributed by atoms with E-state index >= 15 is 0 Å². The molecule has 17 heavy (non-hydrogen) atoms. The van der Waals surface area contributed by atoms with Crippen molar-refractivity contribution in [3.05, 3.63) is 42.2 Å². The van der Waals surface area contributed by atoms with E-state index in [9.17, 15) is 4.79 Å². The molecule has 0 aliphatic heterocycles. The minimum atomic E-state index is -0.375. The molecule has 0 saturated heterocycles. The maximum atomic E-state index is 10.9. The van der Waals surface area contributed by atoms with Gasteiger partial charge in [0.25, 0.3) is 0 Å². The Morgan fingerprint density at radius 2 is 2.06 bits per heavy atom. The molecular weight excluding hydrogens is 218 g/mol. The van der Waals surface area contributed by atoms with Gasteiger partial charge in [-0.3, -0.25) is 4.79 Å². The third kappa shape index (κ3) is 2.44. The van der Waals surface area contributed by atoms with E-state index in [0.29, 0.717) is 0 Å². The number of hydrogen-bond acceptors (Lipinski definition) is 3. The Kier molecular flexibility index (Phi) is 3.09. The van der Waals surface area contributed by atoms with Crippen LogP contribution in [0.3, 0.4) is 0 Å². The summed E-state index contributed by atoms with van der Waals surface area (Å²) >= 11 is 0. The Bertz CT molecular complexity index is 517. The molecule has 0 fully saturated rings. The molecule has 0 aliphatic rings. The summed E-state index contributed by atoms with van der Waals surface area (Å²) in [5.41, 5.74) is 6.81. The zero-order chi connectivity index (χ0) is 12.3. The molecule has 0 unspecified atom stereocenters. The van der Waals surface area contributed by atoms with Crippen molar-refractivity contribution in [1.82, 2.24) is 9.78 Å². The van der Waals surface area contributed by atoms with Crippen LogP contribution >= 0.6 is 0 Å². The Balaban J connectivity index is 2.32. The van der Waals surface area contributed by atoms with E-state index in [1.807, 2.05) is 24.3 Å². The van der Waals surface area contributed by atoms with Gasteiger partial charge in [-0.25, -0.2) is 4.68 Å². The standard InChI is InChI=1S/C12H13N3O2/c1-17-11-4-2-9(3-5-11)15-10(6-7-14-15)8-12(13)16/h2-7H,8H2,1H3,(H2,13,16). The molecule has 2 rings (SSSR count). The van der Waals surface area contributed by atoms with Crippen molar-refractivity contribution in [3.63, 3.8) is 0 Å². The third-order valence-corrected chi connectivity index (χ3v) is 2.39. The van der Waals surface area contributed by atoms with Crippen molar-refractivity contribution in [2.45, 2.75) is 6.42 Å². The van der Waals surface area contributed by atoms with E-state index in [1.165, 1.54) is 0 Å². The smallest absolute Gasteiger partial charge is 0.223 e. The first-order valence-corrected chi connectivity index (χ1v) is 5.16. The van der Waals surface area contributed by atoms with Gasteiger partial charge in [0.15, 0.2) is 0 Å². The van der Waals surface area contributed by atoms with E-state index < -0.39 is 0 Å². The number of carbonyl (C=O) groups is 1. The average molecular weight is 231 g/mol. The van der Waals surface area contributed by atoms with Gasteiger partial charge >= 0.3 is 0 Å². The lowest BCUT2D eigenvalue weighted by Crippen LogP contribution is -2.16. The maximum absolute atomic E-state index is 10.9. The molecule has 2 aromatic rings. The highest BCUT2D eigenvalue weighted by Crippen LogP contribution is 2.16. The second kappa shape index (κ2) is 4.69. The Hall–Kier alpha value is -2.30. The van der Waals surface area contributed by atoms with Crippen LogP contribution in [0.25, 0.3) is 5.69 Å². The first-order valence-electron chi connectivity index (χ1n) is 5.16. The van der Waals surface area contributed by atoms with Crippen molar-refractivity contribution < 1.29 is 9.53 Å². The van der Waals surface area contributed by atoms with Crippen LogP contribution in [0.4, 0.5) is 0 Å². The minimum absolute atomic E-state index is 0.173. The molecule has 1 aromatic carbocycles. The fraction of sp³-hybridized carbons (Fsp3) is 0.167. The highest BCUT2D eigenvalue weighted by molar-refractivity contribution is 5.76. The van der Waals surface area contributed by atoms with Gasteiger partial charge in [0, 0.05) is 6.20 Å². The largest absolute Gasteiger partial charge is 0.497 e. The van der Waals surface area contributed by atoms with E-state index in [4.69, 9.17) is 10.5 Å². The summed E-state index contributed by atoms with van der Waals surface area (Å²) in [6.45, 7) is 0. The fourth-order valence-electron chi connectivity index (χ4n) is 1.60. The molecular formula is C12H13N3O2. The number of nitrogens with two attached hydrogens (primary N) is 1. The first kappa shape index (κ1) is 11.2. The van der Waals surface area contributed by atoms with Crippen LogP contribution in [0.15, 0.2) is 36.5 Å². The molecule has 5 heteroatoms. The van der Waals surface area contributed by atoms with Crippen LogP contribution in [0.5, 0.6) is 5.75 Å². The molecule has 1 heterocycles. The topological polar surface area (TPSA) is 70.1 Å². The van der Waals surface area contributed by atoms with Gasteiger partial charge < -0.3 is 10.5 Å². The number of ether oxygens (including phenoxy) is 1. The molecule has 1 amide bonds. The summed E-state index contributed by atoms with van der Waals surface area (Å²) in [6, 6.07) is 9.19. The summed E-state index contributed by atoms with van der Waals surface area (Å²) in [5.74, 6) is 0.401. The van der Waals surface area contributed by atoms with Gasteiger partial charge in [0.05, 0.1) is 24.9 Å². The van der Waals surface area contributed by atoms with Crippen molar-refractivity contribution in [1.29, 1.82) is 0 Å². The molecule has 2 N–H and O–H groups in total. The number of primary amides is 1. The molecule has 0 bridgehead atoms. The van der Waals surface area contributed by atoms with Crippen LogP contribution in [0.2, 0.25) is 0 Å². The van der Waals surface area contributed by atoms with Crippen molar-refractivity contribution in [2.24, 2.45) is 5.73 Å². The highest BCUT2D eigenvalue weighted by atomic mass is 16.5. The van der Waals surface area contributed by atoms with Gasteiger partial charge in [-0.05, 0) is 30.3 Å². The maximum Gasteiger partial charge on any atom is 0.223 e. The van der Waals surface area contributed by atoms with Crippen LogP contribution in [0, 0.1) is 0 Å². The van der Waals surface area contributed by atoms with Crippen molar-refractivity contribution in [3.8, 4) is 11.4 Å². The lowest BCUT2D eigenvalue weighted by Gasteiger charge is -2.07. The van der Waals surface area contributed by atoms with Gasteiger partial charge in [0.2, 0.25) is 5.91 Å². The number of nitrogens with zero attached hydrogens (tertiary/aromatic N) is 2. The zero-order valence-corrected chi connectivity index (χ0v) is 9.46. The van der Waals surface area contributed by atoms with E-state index in [2.05, 4.69) is 5.10 Å². The highest BCUT2D eigenvalue weighted by Gasteiger charge is 2.07. The van der Waals surface area contributed by atoms with Gasteiger partial charge in [-0.15, -0.1) is 0 Å². The summed E-state index contributed by atoms with van der Waals surface area (Å²) in [7, 11) is 1.61. The normalized spacial score (nSPS) is 10.2. The lowest BCUT2D eigenvalue weighted by atomic mass is 10.2. The SMILES string of the molecule is COc1ccc(-n2nccc2CC(N)=O)cc1. The predicted octanol–water partition coefficient (Wildman–Crippen LogP) is 0.909. The molecule has 0 saturated carbocycles. The second-order valence-corrected chi connectivity index (χ2v) is 3.58. The number of amides is 1. The summed E-state index contributed by atoms with van der Waals surface area (Å²) < 4.78 is 6.76. The number of hydrogen-bond donors (Lipinski definition) is 1. The predicted molar refractivity (Wildman–Crippen MR) is 63.0 cm³/mol. The number of methoxy groups -OCH3 is 1. The molecule has 5 nitrogen and oxygen atoms in total. The van der Waals surface area contributed by atoms with Crippen LogP contribution in [0.1, 0.15) is 5.69 Å². The summed E-state index contributed by atoms with van der Waals surface area (Å²) in [6.07, 6.45) is 1.81. The minimum Gasteiger partial charge on any atom is -0.497 e. The van der Waals surface area contributed by atoms with Crippen molar-refractivity contribution >= 4 is 5.91 Å². The summed E-state index contributed by atoms with van der Waals surface area (Å²) in [5, 5.41) is 4.16. The number of aromatic nitrogens is 2. The summed E-state index contributed by atoms with van der Waals surface area (Å²) in [4.78, 5) is 10.9. The van der Waals surface area contributed by atoms with Crippen LogP contribution < -0.4 is 10.5 Å². The molecule has 88 valence electrons. The van der Waals surface area contributed by atoms with Crippen LogP contribution in [-0.2, 0) is 11.2 Å². The molecule has 0 aliphatic carbocycles. The van der Waals surface area contributed by atoms with Gasteiger partial charge in [-0.2, -0.15) is 5.10 Å². The zero-order valence-electron chi connectivity index (χ0n) is 9.46. The lowest BCUT2D eigenvalue weighted by molar-refractivity contribution is -0.117. The average Bonchev–Trinajstić information content (AvgIpc) is 2.76. The van der Waals surface area contributed by atoms with E-state index in [-0.39, 0.29) is 12.3 Å². The van der Waals surface area contributed by atoms with Crippen molar-refractivity contribution in [2.75, 3.05) is 7.11 Å².